The monoisotopic (exact) mass is 348 g/mol. The molecule has 2 heterocycles. The number of hydrogen-bond donors (Lipinski definition) is 3. The molecule has 3 rings (SSSR count). The zero-order valence-electron chi connectivity index (χ0n) is 14.2. The van der Waals surface area contributed by atoms with Crippen LogP contribution in [0.4, 0.5) is 0 Å². The van der Waals surface area contributed by atoms with Crippen LogP contribution in [0.5, 0.6) is 5.75 Å². The molecule has 0 bridgehead atoms. The normalized spacial score (nSPS) is 13.1. The van der Waals surface area contributed by atoms with Crippen LogP contribution < -0.4 is 11.1 Å². The van der Waals surface area contributed by atoms with E-state index in [4.69, 9.17) is 5.73 Å². The smallest absolute Gasteiger partial charge is 0.242 e. The molecule has 1 atom stereocenters. The molecule has 0 spiro atoms. The summed E-state index contributed by atoms with van der Waals surface area (Å²) in [6, 6.07) is 14.0. The molecule has 0 radical (unpaired) electrons. The summed E-state index contributed by atoms with van der Waals surface area (Å²) in [5, 5.41) is 13.2. The van der Waals surface area contributed by atoms with E-state index in [1.165, 1.54) is 0 Å². The summed E-state index contributed by atoms with van der Waals surface area (Å²) in [5.74, 6) is -0.442. The Morgan fingerprint density at radius 3 is 2.19 bits per heavy atom. The lowest BCUT2D eigenvalue weighted by molar-refractivity contribution is -0.125. The SMILES string of the molecule is NC(=O)C(Cc1ccncc1)(NCc1ccncc1)c1cccc(O)c1. The molecular formula is C20H20N4O2. The highest BCUT2D eigenvalue weighted by atomic mass is 16.3. The largest absolute Gasteiger partial charge is 0.508 e. The van der Waals surface area contributed by atoms with Gasteiger partial charge in [-0.25, -0.2) is 0 Å². The number of nitrogens with one attached hydrogen (secondary N) is 1. The van der Waals surface area contributed by atoms with E-state index in [1.54, 1.807) is 49.1 Å². The maximum absolute atomic E-state index is 12.6. The predicted molar refractivity (Wildman–Crippen MR) is 98.0 cm³/mol. The number of primary amides is 1. The van der Waals surface area contributed by atoms with E-state index in [0.717, 1.165) is 11.1 Å². The van der Waals surface area contributed by atoms with E-state index in [9.17, 15) is 9.90 Å². The van der Waals surface area contributed by atoms with Gasteiger partial charge in [0.05, 0.1) is 0 Å². The summed E-state index contributed by atoms with van der Waals surface area (Å²) in [6.07, 6.45) is 7.07. The maximum Gasteiger partial charge on any atom is 0.242 e. The van der Waals surface area contributed by atoms with Crippen LogP contribution in [0.15, 0.2) is 73.3 Å². The number of aromatic hydroxyl groups is 1. The fourth-order valence-corrected chi connectivity index (χ4v) is 2.91. The predicted octanol–water partition coefficient (Wildman–Crippen LogP) is 1.90. The van der Waals surface area contributed by atoms with Crippen molar-refractivity contribution in [2.24, 2.45) is 5.73 Å². The number of carbonyl (C=O) groups excluding carboxylic acids is 1. The van der Waals surface area contributed by atoms with Crippen LogP contribution in [0.2, 0.25) is 0 Å². The van der Waals surface area contributed by atoms with Crippen LogP contribution in [-0.4, -0.2) is 21.0 Å². The quantitative estimate of drug-likeness (QED) is 0.605. The zero-order chi connectivity index (χ0) is 18.4. The third-order valence-electron chi connectivity index (χ3n) is 4.32. The van der Waals surface area contributed by atoms with Crippen molar-refractivity contribution in [2.45, 2.75) is 18.5 Å². The summed E-state index contributed by atoms with van der Waals surface area (Å²) >= 11 is 0. The topological polar surface area (TPSA) is 101 Å². The Balaban J connectivity index is 2.01. The molecule has 0 fully saturated rings. The van der Waals surface area contributed by atoms with Crippen LogP contribution >= 0.6 is 0 Å². The summed E-state index contributed by atoms with van der Waals surface area (Å²) in [4.78, 5) is 20.6. The molecule has 1 aromatic carbocycles. The molecule has 3 aromatic rings. The van der Waals surface area contributed by atoms with E-state index in [1.807, 2.05) is 24.3 Å². The molecule has 0 aliphatic carbocycles. The molecule has 0 aliphatic rings. The lowest BCUT2D eigenvalue weighted by Crippen LogP contribution is -2.54. The van der Waals surface area contributed by atoms with Crippen molar-refractivity contribution in [3.05, 3.63) is 90.0 Å². The first-order valence-corrected chi connectivity index (χ1v) is 8.22. The molecule has 132 valence electrons. The molecular weight excluding hydrogens is 328 g/mol. The van der Waals surface area contributed by atoms with Gasteiger partial charge in [-0.05, 0) is 53.1 Å². The minimum Gasteiger partial charge on any atom is -0.508 e. The minimum atomic E-state index is -1.18. The van der Waals surface area contributed by atoms with Gasteiger partial charge in [0, 0.05) is 37.8 Å². The van der Waals surface area contributed by atoms with Crippen molar-refractivity contribution in [2.75, 3.05) is 0 Å². The number of amides is 1. The van der Waals surface area contributed by atoms with Gasteiger partial charge in [-0.2, -0.15) is 0 Å². The number of pyridine rings is 2. The van der Waals surface area contributed by atoms with E-state index >= 15 is 0 Å². The highest BCUT2D eigenvalue weighted by Gasteiger charge is 2.38. The number of nitrogens with zero attached hydrogens (tertiary/aromatic N) is 2. The zero-order valence-corrected chi connectivity index (χ0v) is 14.2. The van der Waals surface area contributed by atoms with Crippen molar-refractivity contribution in [3.8, 4) is 5.75 Å². The second-order valence-corrected chi connectivity index (χ2v) is 6.06. The minimum absolute atomic E-state index is 0.0774. The lowest BCUT2D eigenvalue weighted by Gasteiger charge is -2.33. The van der Waals surface area contributed by atoms with Crippen molar-refractivity contribution in [3.63, 3.8) is 0 Å². The van der Waals surface area contributed by atoms with Crippen LogP contribution in [0, 0.1) is 0 Å². The number of phenols is 1. The third kappa shape index (κ3) is 3.87. The fraction of sp³-hybridized carbons (Fsp3) is 0.150. The molecule has 0 saturated heterocycles. The first-order chi connectivity index (χ1) is 12.6. The molecule has 26 heavy (non-hydrogen) atoms. The molecule has 0 aliphatic heterocycles. The molecule has 1 unspecified atom stereocenters. The molecule has 1 amide bonds. The average molecular weight is 348 g/mol. The van der Waals surface area contributed by atoms with Gasteiger partial charge in [-0.15, -0.1) is 0 Å². The Labute approximate surface area is 151 Å². The van der Waals surface area contributed by atoms with Crippen LogP contribution in [0.1, 0.15) is 16.7 Å². The molecule has 0 saturated carbocycles. The first-order valence-electron chi connectivity index (χ1n) is 8.22. The number of rotatable bonds is 7. The maximum atomic E-state index is 12.6. The van der Waals surface area contributed by atoms with Gasteiger partial charge in [0.25, 0.3) is 0 Å². The molecule has 6 nitrogen and oxygen atoms in total. The summed E-state index contributed by atoms with van der Waals surface area (Å²) in [7, 11) is 0. The van der Waals surface area contributed by atoms with Gasteiger partial charge >= 0.3 is 0 Å². The Hall–Kier alpha value is -3.25. The summed E-state index contributed by atoms with van der Waals surface area (Å²) < 4.78 is 0. The Morgan fingerprint density at radius 2 is 1.62 bits per heavy atom. The second kappa shape index (κ2) is 7.76. The van der Waals surface area contributed by atoms with Crippen LogP contribution in [0.3, 0.4) is 0 Å². The van der Waals surface area contributed by atoms with Gasteiger partial charge in [0.2, 0.25) is 5.91 Å². The second-order valence-electron chi connectivity index (χ2n) is 6.06. The van der Waals surface area contributed by atoms with Crippen molar-refractivity contribution in [1.82, 2.24) is 15.3 Å². The van der Waals surface area contributed by atoms with E-state index in [-0.39, 0.29) is 5.75 Å². The van der Waals surface area contributed by atoms with E-state index < -0.39 is 11.4 Å². The Morgan fingerprint density at radius 1 is 1.00 bits per heavy atom. The number of carbonyl (C=O) groups is 1. The fourth-order valence-electron chi connectivity index (χ4n) is 2.91. The van der Waals surface area contributed by atoms with Gasteiger partial charge in [-0.1, -0.05) is 12.1 Å². The molecule has 6 heteroatoms. The Bertz CT molecular complexity index is 871. The first kappa shape index (κ1) is 17.6. The summed E-state index contributed by atoms with van der Waals surface area (Å²) in [5.41, 5.74) is 7.16. The standard InChI is InChI=1S/C20H20N4O2/c21-19(26)20(13-15-4-8-22-9-5-15,17-2-1-3-18(25)12-17)24-14-16-6-10-23-11-7-16/h1-12,24-25H,13-14H2,(H2,21,26). The number of phenolic OH excluding ortho intramolecular Hbond substituents is 1. The highest BCUT2D eigenvalue weighted by molar-refractivity contribution is 5.86. The van der Waals surface area contributed by atoms with E-state index in [2.05, 4.69) is 15.3 Å². The van der Waals surface area contributed by atoms with E-state index in [0.29, 0.717) is 18.5 Å². The lowest BCUT2D eigenvalue weighted by atomic mass is 9.82. The Kier molecular flexibility index (Phi) is 5.24. The average Bonchev–Trinajstić information content (AvgIpc) is 2.66. The number of aromatic nitrogens is 2. The third-order valence-corrected chi connectivity index (χ3v) is 4.32. The highest BCUT2D eigenvalue weighted by Crippen LogP contribution is 2.29. The number of benzene rings is 1. The summed E-state index contributed by atoms with van der Waals surface area (Å²) in [6.45, 7) is 0.423. The van der Waals surface area contributed by atoms with Gasteiger partial charge in [-0.3, -0.25) is 20.1 Å². The molecule has 2 aromatic heterocycles. The van der Waals surface area contributed by atoms with Crippen LogP contribution in [-0.2, 0) is 23.3 Å². The van der Waals surface area contributed by atoms with Crippen molar-refractivity contribution < 1.29 is 9.90 Å². The number of hydrogen-bond acceptors (Lipinski definition) is 5. The van der Waals surface area contributed by atoms with Gasteiger partial charge in [0.1, 0.15) is 11.3 Å². The van der Waals surface area contributed by atoms with Gasteiger partial charge < -0.3 is 10.8 Å². The van der Waals surface area contributed by atoms with Gasteiger partial charge in [0.15, 0.2) is 0 Å². The molecule has 4 N–H and O–H groups in total. The van der Waals surface area contributed by atoms with Crippen LogP contribution in [0.25, 0.3) is 0 Å². The van der Waals surface area contributed by atoms with Crippen molar-refractivity contribution in [1.29, 1.82) is 0 Å². The van der Waals surface area contributed by atoms with Crippen molar-refractivity contribution >= 4 is 5.91 Å². The number of nitrogens with two attached hydrogens (primary N) is 1.